The summed E-state index contributed by atoms with van der Waals surface area (Å²) in [5.41, 5.74) is 11.1. The van der Waals surface area contributed by atoms with Crippen molar-refractivity contribution >= 4 is 0 Å². The van der Waals surface area contributed by atoms with E-state index in [0.29, 0.717) is 0 Å². The predicted molar refractivity (Wildman–Crippen MR) is 84.2 cm³/mol. The van der Waals surface area contributed by atoms with Crippen molar-refractivity contribution in [1.29, 1.82) is 0 Å². The first-order valence-electron chi connectivity index (χ1n) is 7.16. The fraction of sp³-hybridized carbons (Fsp3) is 0.333. The Labute approximate surface area is 121 Å². The fourth-order valence-electron chi connectivity index (χ4n) is 2.40. The maximum Gasteiger partial charge on any atom is 0.119 e. The molecule has 0 heterocycles. The van der Waals surface area contributed by atoms with Gasteiger partial charge in [0.15, 0.2) is 0 Å². The first-order chi connectivity index (χ1) is 9.60. The van der Waals surface area contributed by atoms with Gasteiger partial charge in [-0.3, -0.25) is 0 Å². The summed E-state index contributed by atoms with van der Waals surface area (Å²) < 4.78 is 5.67. The van der Waals surface area contributed by atoms with E-state index in [4.69, 9.17) is 10.5 Å². The molecule has 2 aromatic rings. The molecule has 0 aliphatic rings. The van der Waals surface area contributed by atoms with Crippen molar-refractivity contribution in [3.63, 3.8) is 0 Å². The Morgan fingerprint density at radius 1 is 1.00 bits per heavy atom. The normalized spacial score (nSPS) is 12.2. The van der Waals surface area contributed by atoms with E-state index in [1.165, 1.54) is 11.1 Å². The molecule has 0 aliphatic heterocycles. The average Bonchev–Trinajstić information content (AvgIpc) is 2.43. The molecule has 0 aromatic heterocycles. The molecule has 20 heavy (non-hydrogen) atoms. The Bertz CT molecular complexity index is 557. The third-order valence-corrected chi connectivity index (χ3v) is 3.29. The molecule has 2 heteroatoms. The Balaban J connectivity index is 2.25. The third-order valence-electron chi connectivity index (χ3n) is 3.29. The monoisotopic (exact) mass is 269 g/mol. The number of benzene rings is 2. The van der Waals surface area contributed by atoms with Gasteiger partial charge in [-0.25, -0.2) is 0 Å². The summed E-state index contributed by atoms with van der Waals surface area (Å²) in [6.45, 7) is 7.04. The van der Waals surface area contributed by atoms with Crippen molar-refractivity contribution in [2.75, 3.05) is 6.61 Å². The molecule has 0 radical (unpaired) electrons. The van der Waals surface area contributed by atoms with E-state index in [9.17, 15) is 0 Å². The molecule has 0 aliphatic carbocycles. The van der Waals surface area contributed by atoms with Gasteiger partial charge in [0.2, 0.25) is 0 Å². The van der Waals surface area contributed by atoms with Crippen LogP contribution in [0.2, 0.25) is 0 Å². The highest BCUT2D eigenvalue weighted by Crippen LogP contribution is 2.24. The highest BCUT2D eigenvalue weighted by atomic mass is 16.5. The zero-order valence-corrected chi connectivity index (χ0v) is 12.5. The summed E-state index contributed by atoms with van der Waals surface area (Å²) in [4.78, 5) is 0. The Morgan fingerprint density at radius 3 is 2.35 bits per heavy atom. The van der Waals surface area contributed by atoms with Crippen molar-refractivity contribution in [2.24, 2.45) is 5.73 Å². The maximum atomic E-state index is 6.40. The minimum absolute atomic E-state index is 0.112. The van der Waals surface area contributed by atoms with Crippen molar-refractivity contribution in [3.05, 3.63) is 64.7 Å². The van der Waals surface area contributed by atoms with Crippen LogP contribution in [-0.4, -0.2) is 6.61 Å². The van der Waals surface area contributed by atoms with Crippen LogP contribution in [0.1, 0.15) is 41.6 Å². The van der Waals surface area contributed by atoms with Crippen LogP contribution < -0.4 is 10.5 Å². The SMILES string of the molecule is CCCOc1cccc(C(N)c2cc(C)cc(C)c2)c1. The molecule has 0 saturated heterocycles. The van der Waals surface area contributed by atoms with E-state index in [1.807, 2.05) is 18.2 Å². The molecule has 0 spiro atoms. The lowest BCUT2D eigenvalue weighted by Crippen LogP contribution is -2.12. The van der Waals surface area contributed by atoms with Gasteiger partial charge in [-0.15, -0.1) is 0 Å². The number of aryl methyl sites for hydroxylation is 2. The number of hydrogen-bond acceptors (Lipinski definition) is 2. The number of hydrogen-bond donors (Lipinski definition) is 1. The second kappa shape index (κ2) is 6.58. The van der Waals surface area contributed by atoms with Crippen LogP contribution in [-0.2, 0) is 0 Å². The second-order valence-electron chi connectivity index (χ2n) is 5.32. The lowest BCUT2D eigenvalue weighted by Gasteiger charge is -2.15. The zero-order valence-electron chi connectivity index (χ0n) is 12.5. The van der Waals surface area contributed by atoms with Crippen LogP contribution >= 0.6 is 0 Å². The number of nitrogens with two attached hydrogens (primary N) is 1. The van der Waals surface area contributed by atoms with Gasteiger partial charge in [-0.05, 0) is 43.5 Å². The van der Waals surface area contributed by atoms with Crippen LogP contribution in [0, 0.1) is 13.8 Å². The lowest BCUT2D eigenvalue weighted by atomic mass is 9.96. The van der Waals surface area contributed by atoms with Crippen LogP contribution in [0.15, 0.2) is 42.5 Å². The fourth-order valence-corrected chi connectivity index (χ4v) is 2.40. The van der Waals surface area contributed by atoms with Gasteiger partial charge < -0.3 is 10.5 Å². The Hall–Kier alpha value is -1.80. The molecule has 0 bridgehead atoms. The highest BCUT2D eigenvalue weighted by molar-refractivity contribution is 5.39. The van der Waals surface area contributed by atoms with Gasteiger partial charge in [-0.2, -0.15) is 0 Å². The zero-order chi connectivity index (χ0) is 14.5. The van der Waals surface area contributed by atoms with Gasteiger partial charge >= 0.3 is 0 Å². The molecule has 2 aromatic carbocycles. The topological polar surface area (TPSA) is 35.2 Å². The number of rotatable bonds is 5. The van der Waals surface area contributed by atoms with Crippen molar-refractivity contribution in [1.82, 2.24) is 0 Å². The first kappa shape index (κ1) is 14.6. The molecular weight excluding hydrogens is 246 g/mol. The van der Waals surface area contributed by atoms with Crippen LogP contribution in [0.4, 0.5) is 0 Å². The van der Waals surface area contributed by atoms with Crippen molar-refractivity contribution < 1.29 is 4.74 Å². The van der Waals surface area contributed by atoms with Crippen LogP contribution in [0.25, 0.3) is 0 Å². The molecule has 0 fully saturated rings. The van der Waals surface area contributed by atoms with Gasteiger partial charge in [0.25, 0.3) is 0 Å². The van der Waals surface area contributed by atoms with Gasteiger partial charge in [0.1, 0.15) is 5.75 Å². The van der Waals surface area contributed by atoms with Gasteiger partial charge in [-0.1, -0.05) is 48.4 Å². The summed E-state index contributed by atoms with van der Waals surface area (Å²) in [6, 6.07) is 14.4. The van der Waals surface area contributed by atoms with Gasteiger partial charge in [0, 0.05) is 0 Å². The van der Waals surface area contributed by atoms with E-state index in [0.717, 1.165) is 29.9 Å². The Morgan fingerprint density at radius 2 is 1.70 bits per heavy atom. The molecule has 0 amide bonds. The molecule has 1 atom stereocenters. The maximum absolute atomic E-state index is 6.40. The van der Waals surface area contributed by atoms with E-state index in [-0.39, 0.29) is 6.04 Å². The highest BCUT2D eigenvalue weighted by Gasteiger charge is 2.10. The summed E-state index contributed by atoms with van der Waals surface area (Å²) in [7, 11) is 0. The summed E-state index contributed by atoms with van der Waals surface area (Å²) in [5, 5.41) is 0. The predicted octanol–water partition coefficient (Wildman–Crippen LogP) is 4.14. The smallest absolute Gasteiger partial charge is 0.119 e. The first-order valence-corrected chi connectivity index (χ1v) is 7.16. The van der Waals surface area contributed by atoms with E-state index in [1.54, 1.807) is 0 Å². The molecule has 106 valence electrons. The number of ether oxygens (including phenoxy) is 1. The molecular formula is C18H23NO. The van der Waals surface area contributed by atoms with E-state index in [2.05, 4.69) is 45.0 Å². The lowest BCUT2D eigenvalue weighted by molar-refractivity contribution is 0.317. The molecule has 2 rings (SSSR count). The molecule has 2 nitrogen and oxygen atoms in total. The quantitative estimate of drug-likeness (QED) is 0.885. The average molecular weight is 269 g/mol. The third kappa shape index (κ3) is 3.61. The van der Waals surface area contributed by atoms with E-state index < -0.39 is 0 Å². The summed E-state index contributed by atoms with van der Waals surface area (Å²) in [6.07, 6.45) is 1.01. The van der Waals surface area contributed by atoms with Gasteiger partial charge in [0.05, 0.1) is 12.6 Å². The van der Waals surface area contributed by atoms with Crippen LogP contribution in [0.3, 0.4) is 0 Å². The summed E-state index contributed by atoms with van der Waals surface area (Å²) in [5.74, 6) is 0.893. The second-order valence-corrected chi connectivity index (χ2v) is 5.32. The van der Waals surface area contributed by atoms with Crippen LogP contribution in [0.5, 0.6) is 5.75 Å². The standard InChI is InChI=1S/C18H23NO/c1-4-8-20-17-7-5-6-15(12-17)18(19)16-10-13(2)9-14(3)11-16/h5-7,9-12,18H,4,8,19H2,1-3H3. The van der Waals surface area contributed by atoms with Crippen molar-refractivity contribution in [3.8, 4) is 5.75 Å². The Kier molecular flexibility index (Phi) is 4.80. The van der Waals surface area contributed by atoms with Crippen molar-refractivity contribution in [2.45, 2.75) is 33.2 Å². The summed E-state index contributed by atoms with van der Waals surface area (Å²) >= 11 is 0. The molecule has 2 N–H and O–H groups in total. The van der Waals surface area contributed by atoms with E-state index >= 15 is 0 Å². The minimum Gasteiger partial charge on any atom is -0.494 e. The minimum atomic E-state index is -0.112. The largest absolute Gasteiger partial charge is 0.494 e. The molecule has 1 unspecified atom stereocenters. The molecule has 0 saturated carbocycles.